The van der Waals surface area contributed by atoms with Crippen molar-refractivity contribution in [2.75, 3.05) is 12.4 Å². The Balaban J connectivity index is 1.72. The number of methoxy groups -OCH3 is 1. The van der Waals surface area contributed by atoms with Gasteiger partial charge in [0.1, 0.15) is 23.1 Å². The zero-order valence-electron chi connectivity index (χ0n) is 14.8. The summed E-state index contributed by atoms with van der Waals surface area (Å²) in [6.07, 6.45) is 1.62. The SMILES string of the molecule is COc1ccc2nc(Oc3cc(Cl)cc(Cl)c3)nc(NCc3ccco3)c2c1. The molecule has 0 aliphatic rings. The van der Waals surface area contributed by atoms with E-state index in [4.69, 9.17) is 37.1 Å². The van der Waals surface area contributed by atoms with E-state index in [2.05, 4.69) is 15.3 Å². The number of furan rings is 1. The first-order valence-corrected chi connectivity index (χ1v) is 9.12. The van der Waals surface area contributed by atoms with Crippen LogP contribution in [0.5, 0.6) is 17.5 Å². The largest absolute Gasteiger partial charge is 0.497 e. The maximum absolute atomic E-state index is 6.04. The Kier molecular flexibility index (Phi) is 5.23. The number of hydrogen-bond acceptors (Lipinski definition) is 6. The van der Waals surface area contributed by atoms with Gasteiger partial charge in [0.05, 0.1) is 25.4 Å². The highest BCUT2D eigenvalue weighted by atomic mass is 35.5. The summed E-state index contributed by atoms with van der Waals surface area (Å²) in [5, 5.41) is 4.98. The van der Waals surface area contributed by atoms with Crippen LogP contribution in [-0.2, 0) is 6.54 Å². The molecule has 28 heavy (non-hydrogen) atoms. The number of ether oxygens (including phenoxy) is 2. The van der Waals surface area contributed by atoms with E-state index in [0.717, 1.165) is 11.1 Å². The second-order valence-corrected chi connectivity index (χ2v) is 6.75. The lowest BCUT2D eigenvalue weighted by Crippen LogP contribution is -2.04. The topological polar surface area (TPSA) is 69.4 Å². The highest BCUT2D eigenvalue weighted by Crippen LogP contribution is 2.31. The molecule has 2 aromatic heterocycles. The molecule has 0 spiro atoms. The van der Waals surface area contributed by atoms with Crippen LogP contribution in [0.2, 0.25) is 10.0 Å². The standard InChI is InChI=1S/C20H15Cl2N3O3/c1-26-14-4-5-18-17(10-14)19(23-11-15-3-2-6-27-15)25-20(24-18)28-16-8-12(21)7-13(22)9-16/h2-10H,11H2,1H3,(H,23,24,25). The summed E-state index contributed by atoms with van der Waals surface area (Å²) >= 11 is 12.1. The molecule has 0 bridgehead atoms. The molecule has 0 saturated heterocycles. The number of nitrogens with one attached hydrogen (secondary N) is 1. The number of fused-ring (bicyclic) bond motifs is 1. The van der Waals surface area contributed by atoms with Gasteiger partial charge in [0.25, 0.3) is 0 Å². The molecule has 142 valence electrons. The Bertz CT molecular complexity index is 1100. The van der Waals surface area contributed by atoms with Crippen molar-refractivity contribution in [1.82, 2.24) is 9.97 Å². The molecule has 6 nitrogen and oxygen atoms in total. The third-order valence-corrected chi connectivity index (χ3v) is 4.37. The molecule has 2 aromatic carbocycles. The van der Waals surface area contributed by atoms with Gasteiger partial charge in [0, 0.05) is 15.4 Å². The molecule has 0 aliphatic carbocycles. The molecule has 0 atom stereocenters. The van der Waals surface area contributed by atoms with E-state index in [1.165, 1.54) is 0 Å². The van der Waals surface area contributed by atoms with Gasteiger partial charge in [-0.1, -0.05) is 23.2 Å². The minimum absolute atomic E-state index is 0.165. The Hall–Kier alpha value is -2.96. The third kappa shape index (κ3) is 4.13. The van der Waals surface area contributed by atoms with Crippen LogP contribution >= 0.6 is 23.2 Å². The van der Waals surface area contributed by atoms with E-state index in [9.17, 15) is 0 Å². The quantitative estimate of drug-likeness (QED) is 0.419. The van der Waals surface area contributed by atoms with Gasteiger partial charge in [-0.15, -0.1) is 0 Å². The maximum atomic E-state index is 6.04. The Morgan fingerprint density at radius 3 is 2.54 bits per heavy atom. The van der Waals surface area contributed by atoms with Crippen LogP contribution in [-0.4, -0.2) is 17.1 Å². The number of halogens is 2. The number of rotatable bonds is 6. The molecule has 0 amide bonds. The van der Waals surface area contributed by atoms with Gasteiger partial charge in [-0.3, -0.25) is 0 Å². The number of benzene rings is 2. The van der Waals surface area contributed by atoms with Gasteiger partial charge >= 0.3 is 6.01 Å². The highest BCUT2D eigenvalue weighted by molar-refractivity contribution is 6.34. The van der Waals surface area contributed by atoms with Crippen molar-refractivity contribution < 1.29 is 13.9 Å². The molecule has 8 heteroatoms. The fourth-order valence-corrected chi connectivity index (χ4v) is 3.18. The van der Waals surface area contributed by atoms with Crippen molar-refractivity contribution in [2.24, 2.45) is 0 Å². The van der Waals surface area contributed by atoms with Gasteiger partial charge in [0.2, 0.25) is 0 Å². The first-order chi connectivity index (χ1) is 13.6. The van der Waals surface area contributed by atoms with Crippen molar-refractivity contribution in [1.29, 1.82) is 0 Å². The molecule has 0 aliphatic heterocycles. The normalized spacial score (nSPS) is 10.8. The predicted molar refractivity (Wildman–Crippen MR) is 109 cm³/mol. The fourth-order valence-electron chi connectivity index (χ4n) is 2.67. The van der Waals surface area contributed by atoms with Crippen LogP contribution in [0, 0.1) is 0 Å². The Morgan fingerprint density at radius 2 is 1.82 bits per heavy atom. The van der Waals surface area contributed by atoms with Gasteiger partial charge in [0.15, 0.2) is 0 Å². The van der Waals surface area contributed by atoms with Crippen LogP contribution < -0.4 is 14.8 Å². The van der Waals surface area contributed by atoms with E-state index in [1.807, 2.05) is 30.3 Å². The summed E-state index contributed by atoms with van der Waals surface area (Å²) in [6, 6.07) is 14.3. The fraction of sp³-hybridized carbons (Fsp3) is 0.100. The average Bonchev–Trinajstić information content (AvgIpc) is 3.18. The van der Waals surface area contributed by atoms with Crippen LogP contribution in [0.4, 0.5) is 5.82 Å². The highest BCUT2D eigenvalue weighted by Gasteiger charge is 2.12. The summed E-state index contributed by atoms with van der Waals surface area (Å²) in [7, 11) is 1.61. The van der Waals surface area contributed by atoms with E-state index in [-0.39, 0.29) is 6.01 Å². The summed E-state index contributed by atoms with van der Waals surface area (Å²) in [4.78, 5) is 8.97. The maximum Gasteiger partial charge on any atom is 0.324 e. The summed E-state index contributed by atoms with van der Waals surface area (Å²) < 4.78 is 16.5. The first kappa shape index (κ1) is 18.4. The summed E-state index contributed by atoms with van der Waals surface area (Å²) in [5.41, 5.74) is 0.695. The van der Waals surface area contributed by atoms with E-state index in [0.29, 0.717) is 39.4 Å². The van der Waals surface area contributed by atoms with Gasteiger partial charge in [-0.05, 0) is 48.5 Å². The van der Waals surface area contributed by atoms with Crippen molar-refractivity contribution in [3.63, 3.8) is 0 Å². The zero-order chi connectivity index (χ0) is 19.5. The van der Waals surface area contributed by atoms with Crippen LogP contribution in [0.15, 0.2) is 59.2 Å². The number of nitrogens with zero attached hydrogens (tertiary/aromatic N) is 2. The monoisotopic (exact) mass is 415 g/mol. The van der Waals surface area contributed by atoms with E-state index < -0.39 is 0 Å². The minimum atomic E-state index is 0.165. The Morgan fingerprint density at radius 1 is 1.00 bits per heavy atom. The molecule has 0 unspecified atom stereocenters. The smallest absolute Gasteiger partial charge is 0.324 e. The van der Waals surface area contributed by atoms with Crippen LogP contribution in [0.25, 0.3) is 10.9 Å². The van der Waals surface area contributed by atoms with E-state index in [1.54, 1.807) is 31.6 Å². The van der Waals surface area contributed by atoms with Crippen molar-refractivity contribution in [2.45, 2.75) is 6.54 Å². The number of anilines is 1. The number of aromatic nitrogens is 2. The predicted octanol–water partition coefficient (Wildman–Crippen LogP) is 5.94. The molecule has 4 aromatic rings. The van der Waals surface area contributed by atoms with Crippen LogP contribution in [0.1, 0.15) is 5.76 Å². The average molecular weight is 416 g/mol. The molecule has 0 radical (unpaired) electrons. The third-order valence-electron chi connectivity index (χ3n) is 3.94. The lowest BCUT2D eigenvalue weighted by Gasteiger charge is -2.12. The Labute approximate surface area is 171 Å². The van der Waals surface area contributed by atoms with Crippen LogP contribution in [0.3, 0.4) is 0 Å². The molecule has 0 saturated carbocycles. The molecule has 0 fully saturated rings. The summed E-state index contributed by atoms with van der Waals surface area (Å²) in [6.45, 7) is 0.457. The number of hydrogen-bond donors (Lipinski definition) is 1. The second-order valence-electron chi connectivity index (χ2n) is 5.88. The van der Waals surface area contributed by atoms with Crippen molar-refractivity contribution in [3.05, 3.63) is 70.6 Å². The van der Waals surface area contributed by atoms with Gasteiger partial charge in [-0.25, -0.2) is 0 Å². The lowest BCUT2D eigenvalue weighted by atomic mass is 10.2. The summed E-state index contributed by atoms with van der Waals surface area (Å²) in [5.74, 6) is 2.51. The van der Waals surface area contributed by atoms with Gasteiger partial charge in [-0.2, -0.15) is 9.97 Å². The van der Waals surface area contributed by atoms with Crippen molar-refractivity contribution >= 4 is 39.9 Å². The minimum Gasteiger partial charge on any atom is -0.497 e. The molecule has 2 heterocycles. The van der Waals surface area contributed by atoms with Gasteiger partial charge < -0.3 is 19.2 Å². The molecule has 4 rings (SSSR count). The zero-order valence-corrected chi connectivity index (χ0v) is 16.3. The second kappa shape index (κ2) is 7.96. The lowest BCUT2D eigenvalue weighted by molar-refractivity contribution is 0.415. The van der Waals surface area contributed by atoms with E-state index >= 15 is 0 Å². The molecule has 1 N–H and O–H groups in total. The molecular weight excluding hydrogens is 401 g/mol. The van der Waals surface area contributed by atoms with Crippen molar-refractivity contribution in [3.8, 4) is 17.5 Å². The molecular formula is C20H15Cl2N3O3. The first-order valence-electron chi connectivity index (χ1n) is 8.37.